The number of hydrogen-bond acceptors (Lipinski definition) is 2. The summed E-state index contributed by atoms with van der Waals surface area (Å²) >= 11 is 0. The molecule has 0 aliphatic rings. The second kappa shape index (κ2) is 4.66. The van der Waals surface area contributed by atoms with Gasteiger partial charge in [-0.3, -0.25) is 4.68 Å². The van der Waals surface area contributed by atoms with E-state index in [2.05, 4.69) is 31.1 Å². The maximum Gasteiger partial charge on any atom is 0.0683 e. The number of hydrogen-bond donors (Lipinski definition) is 1. The summed E-state index contributed by atoms with van der Waals surface area (Å²) in [6.45, 7) is 5.16. The largest absolute Gasteiger partial charge is 0.326 e. The van der Waals surface area contributed by atoms with E-state index in [4.69, 9.17) is 5.73 Å². The van der Waals surface area contributed by atoms with Crippen LogP contribution in [0.1, 0.15) is 20.3 Å². The predicted molar refractivity (Wildman–Crippen MR) is 67.2 cm³/mol. The fourth-order valence-corrected chi connectivity index (χ4v) is 1.85. The van der Waals surface area contributed by atoms with E-state index in [-0.39, 0.29) is 6.04 Å². The number of nitrogens with two attached hydrogens (primary N) is 1. The molecule has 1 heterocycles. The number of nitrogens with zero attached hydrogens (tertiary/aromatic N) is 2. The van der Waals surface area contributed by atoms with Crippen molar-refractivity contribution < 1.29 is 0 Å². The van der Waals surface area contributed by atoms with Crippen LogP contribution in [0.15, 0.2) is 30.5 Å². The molecular weight excluding hydrogens is 198 g/mol. The molecule has 0 aliphatic carbocycles. The molecule has 2 rings (SSSR count). The van der Waals surface area contributed by atoms with E-state index >= 15 is 0 Å². The highest BCUT2D eigenvalue weighted by molar-refractivity contribution is 5.78. The third kappa shape index (κ3) is 2.09. The van der Waals surface area contributed by atoms with E-state index in [0.717, 1.165) is 13.0 Å². The molecule has 2 unspecified atom stereocenters. The number of benzene rings is 1. The molecule has 0 saturated heterocycles. The third-order valence-corrected chi connectivity index (χ3v) is 3.31. The van der Waals surface area contributed by atoms with Gasteiger partial charge in [-0.15, -0.1) is 0 Å². The van der Waals surface area contributed by atoms with Crippen LogP contribution in [0.3, 0.4) is 0 Å². The van der Waals surface area contributed by atoms with Crippen LogP contribution in [-0.2, 0) is 6.54 Å². The smallest absolute Gasteiger partial charge is 0.0683 e. The molecular formula is C13H19N3. The lowest BCUT2D eigenvalue weighted by Crippen LogP contribution is -2.33. The predicted octanol–water partition coefficient (Wildman–Crippen LogP) is 2.41. The molecule has 2 aromatic rings. The number of para-hydroxylation sites is 1. The monoisotopic (exact) mass is 217 g/mol. The van der Waals surface area contributed by atoms with E-state index in [0.29, 0.717) is 5.92 Å². The van der Waals surface area contributed by atoms with Gasteiger partial charge in [-0.25, -0.2) is 0 Å². The minimum absolute atomic E-state index is 0.174. The normalized spacial score (nSPS) is 15.2. The van der Waals surface area contributed by atoms with Crippen molar-refractivity contribution >= 4 is 10.9 Å². The summed E-state index contributed by atoms with van der Waals surface area (Å²) in [5.74, 6) is 0.531. The molecule has 86 valence electrons. The summed E-state index contributed by atoms with van der Waals surface area (Å²) in [5, 5.41) is 5.57. The van der Waals surface area contributed by atoms with Crippen molar-refractivity contribution in [3.05, 3.63) is 30.5 Å². The van der Waals surface area contributed by atoms with E-state index in [1.165, 1.54) is 10.9 Å². The van der Waals surface area contributed by atoms with Crippen molar-refractivity contribution in [3.8, 4) is 0 Å². The SMILES string of the molecule is CCC(C)C(N)Cn1ncc2ccccc21. The Morgan fingerprint density at radius 3 is 2.88 bits per heavy atom. The maximum absolute atomic E-state index is 6.15. The van der Waals surface area contributed by atoms with Crippen molar-refractivity contribution in [1.82, 2.24) is 9.78 Å². The van der Waals surface area contributed by atoms with Crippen molar-refractivity contribution in [3.63, 3.8) is 0 Å². The summed E-state index contributed by atoms with van der Waals surface area (Å²) in [4.78, 5) is 0. The molecule has 0 fully saturated rings. The van der Waals surface area contributed by atoms with Crippen LogP contribution < -0.4 is 5.73 Å². The Morgan fingerprint density at radius 2 is 2.12 bits per heavy atom. The molecule has 2 atom stereocenters. The lowest BCUT2D eigenvalue weighted by atomic mass is 10.0. The highest BCUT2D eigenvalue weighted by Gasteiger charge is 2.12. The second-order valence-corrected chi connectivity index (χ2v) is 4.43. The molecule has 0 saturated carbocycles. The lowest BCUT2D eigenvalue weighted by Gasteiger charge is -2.18. The molecule has 1 aromatic carbocycles. The van der Waals surface area contributed by atoms with E-state index in [1.54, 1.807) is 0 Å². The van der Waals surface area contributed by atoms with Gasteiger partial charge in [-0.2, -0.15) is 5.10 Å². The second-order valence-electron chi connectivity index (χ2n) is 4.43. The summed E-state index contributed by atoms with van der Waals surface area (Å²) in [5.41, 5.74) is 7.32. The first-order valence-electron chi connectivity index (χ1n) is 5.88. The Labute approximate surface area is 96.2 Å². The molecule has 3 nitrogen and oxygen atoms in total. The molecule has 0 bridgehead atoms. The Kier molecular flexibility index (Phi) is 3.25. The minimum Gasteiger partial charge on any atom is -0.326 e. The summed E-state index contributed by atoms with van der Waals surface area (Å²) < 4.78 is 2.01. The van der Waals surface area contributed by atoms with Crippen molar-refractivity contribution in [2.75, 3.05) is 0 Å². The van der Waals surface area contributed by atoms with Crippen LogP contribution in [0.4, 0.5) is 0 Å². The van der Waals surface area contributed by atoms with Gasteiger partial charge in [0.25, 0.3) is 0 Å². The molecule has 16 heavy (non-hydrogen) atoms. The summed E-state index contributed by atoms with van der Waals surface area (Å²) in [7, 11) is 0. The molecule has 1 aromatic heterocycles. The number of fused-ring (bicyclic) bond motifs is 1. The number of aromatic nitrogens is 2. The highest BCUT2D eigenvalue weighted by Crippen LogP contribution is 2.14. The first kappa shape index (κ1) is 11.1. The zero-order valence-corrected chi connectivity index (χ0v) is 9.93. The zero-order valence-electron chi connectivity index (χ0n) is 9.93. The topological polar surface area (TPSA) is 43.8 Å². The fourth-order valence-electron chi connectivity index (χ4n) is 1.85. The molecule has 2 N–H and O–H groups in total. The lowest BCUT2D eigenvalue weighted by molar-refractivity contribution is 0.386. The molecule has 3 heteroatoms. The van der Waals surface area contributed by atoms with Crippen molar-refractivity contribution in [2.24, 2.45) is 11.7 Å². The summed E-state index contributed by atoms with van der Waals surface area (Å²) in [6, 6.07) is 8.41. The van der Waals surface area contributed by atoms with Gasteiger partial charge in [-0.05, 0) is 12.0 Å². The van der Waals surface area contributed by atoms with Crippen LogP contribution >= 0.6 is 0 Å². The average Bonchev–Trinajstić information content (AvgIpc) is 2.72. The van der Waals surface area contributed by atoms with Gasteiger partial charge in [0.2, 0.25) is 0 Å². The van der Waals surface area contributed by atoms with Gasteiger partial charge in [0.05, 0.1) is 18.3 Å². The Bertz CT molecular complexity index is 461. The first-order chi connectivity index (χ1) is 7.72. The average molecular weight is 217 g/mol. The van der Waals surface area contributed by atoms with Crippen LogP contribution in [0.2, 0.25) is 0 Å². The molecule has 0 spiro atoms. The van der Waals surface area contributed by atoms with Gasteiger partial charge in [0.1, 0.15) is 0 Å². The van der Waals surface area contributed by atoms with Gasteiger partial charge in [0, 0.05) is 11.4 Å². The van der Waals surface area contributed by atoms with Crippen LogP contribution in [0.25, 0.3) is 10.9 Å². The van der Waals surface area contributed by atoms with Crippen LogP contribution in [-0.4, -0.2) is 15.8 Å². The van der Waals surface area contributed by atoms with Gasteiger partial charge in [-0.1, -0.05) is 38.5 Å². The van der Waals surface area contributed by atoms with E-state index < -0.39 is 0 Å². The minimum atomic E-state index is 0.174. The van der Waals surface area contributed by atoms with Crippen LogP contribution in [0, 0.1) is 5.92 Å². The van der Waals surface area contributed by atoms with Crippen molar-refractivity contribution in [1.29, 1.82) is 0 Å². The van der Waals surface area contributed by atoms with E-state index in [9.17, 15) is 0 Å². The fraction of sp³-hybridized carbons (Fsp3) is 0.462. The first-order valence-corrected chi connectivity index (χ1v) is 5.88. The molecule has 0 amide bonds. The Hall–Kier alpha value is -1.35. The summed E-state index contributed by atoms with van der Waals surface area (Å²) in [6.07, 6.45) is 3.01. The zero-order chi connectivity index (χ0) is 11.5. The standard InChI is InChI=1S/C13H19N3/c1-3-10(2)12(14)9-16-13-7-5-4-6-11(13)8-15-16/h4-8,10,12H,3,9,14H2,1-2H3. The van der Waals surface area contributed by atoms with E-state index in [1.807, 2.05) is 23.0 Å². The van der Waals surface area contributed by atoms with Crippen LogP contribution in [0.5, 0.6) is 0 Å². The Morgan fingerprint density at radius 1 is 1.38 bits per heavy atom. The van der Waals surface area contributed by atoms with Gasteiger partial charge >= 0.3 is 0 Å². The van der Waals surface area contributed by atoms with Crippen molar-refractivity contribution in [2.45, 2.75) is 32.9 Å². The van der Waals surface area contributed by atoms with Gasteiger partial charge in [0.15, 0.2) is 0 Å². The maximum atomic E-state index is 6.15. The quantitative estimate of drug-likeness (QED) is 0.854. The highest BCUT2D eigenvalue weighted by atomic mass is 15.3. The molecule has 0 aliphatic heterocycles. The van der Waals surface area contributed by atoms with Gasteiger partial charge < -0.3 is 5.73 Å². The number of rotatable bonds is 4. The Balaban J connectivity index is 2.21. The third-order valence-electron chi connectivity index (χ3n) is 3.31. The molecule has 0 radical (unpaired) electrons.